The minimum absolute atomic E-state index is 0.0383. The predicted molar refractivity (Wildman–Crippen MR) is 82.6 cm³/mol. The van der Waals surface area contributed by atoms with Gasteiger partial charge in [-0.1, -0.05) is 15.9 Å². The number of aliphatic hydroxyl groups is 2. The molecule has 1 rings (SSSR count). The maximum atomic E-state index is 11.8. The summed E-state index contributed by atoms with van der Waals surface area (Å²) in [5.41, 5.74) is -0.254. The van der Waals surface area contributed by atoms with E-state index in [9.17, 15) is 25.1 Å². The normalized spacial score (nSPS) is 12.1. The summed E-state index contributed by atoms with van der Waals surface area (Å²) in [6.45, 7) is 6.56. The van der Waals surface area contributed by atoms with Crippen molar-refractivity contribution in [3.05, 3.63) is 40.8 Å². The van der Waals surface area contributed by atoms with Crippen molar-refractivity contribution >= 4 is 27.6 Å². The highest BCUT2D eigenvalue weighted by molar-refractivity contribution is 9.10. The molecule has 1 aromatic carbocycles. The van der Waals surface area contributed by atoms with Gasteiger partial charge in [-0.25, -0.2) is 0 Å². The van der Waals surface area contributed by atoms with Gasteiger partial charge in [0.1, 0.15) is 10.1 Å². The molecule has 0 aliphatic rings. The molecule has 0 atom stereocenters. The van der Waals surface area contributed by atoms with Crippen molar-refractivity contribution in [2.24, 2.45) is 0 Å². The molecule has 0 fully saturated rings. The van der Waals surface area contributed by atoms with Crippen LogP contribution in [0.15, 0.2) is 18.2 Å². The number of benzene rings is 1. The van der Waals surface area contributed by atoms with Crippen LogP contribution in [0.5, 0.6) is 5.75 Å². The largest absolute Gasteiger partial charge is 0.425 e. The summed E-state index contributed by atoms with van der Waals surface area (Å²) in [6, 6.07) is 3.67. The molecular formula is C14H17BrNO6. The number of carbonyl (C=O) groups excluding carboxylic acids is 1. The number of carbonyl (C=O) groups is 1. The van der Waals surface area contributed by atoms with Gasteiger partial charge in [0.25, 0.3) is 5.69 Å². The lowest BCUT2D eigenvalue weighted by Crippen LogP contribution is -2.30. The fraction of sp³-hybridized carbons (Fsp3) is 0.429. The minimum atomic E-state index is -2.18. The van der Waals surface area contributed by atoms with Crippen LogP contribution in [0.25, 0.3) is 0 Å². The highest BCUT2D eigenvalue weighted by Crippen LogP contribution is 2.29. The molecular weight excluding hydrogens is 358 g/mol. The Bertz CT molecular complexity index is 579. The summed E-state index contributed by atoms with van der Waals surface area (Å²) in [7, 11) is 0. The number of esters is 1. The van der Waals surface area contributed by atoms with Crippen molar-refractivity contribution in [2.75, 3.05) is 0 Å². The van der Waals surface area contributed by atoms with Crippen LogP contribution in [0.1, 0.15) is 25.8 Å². The summed E-state index contributed by atoms with van der Waals surface area (Å²) < 4.78 is 4.20. The molecule has 8 heteroatoms. The molecule has 0 heterocycles. The SMILES string of the molecule is [CH2]CC(O)(O)Cc1cc(OC(=O)C(C)(C)Br)ccc1[N+](=O)[O-]. The first-order chi connectivity index (χ1) is 9.96. The molecule has 0 aromatic heterocycles. The van der Waals surface area contributed by atoms with E-state index in [1.54, 1.807) is 13.8 Å². The van der Waals surface area contributed by atoms with Gasteiger partial charge in [-0.2, -0.15) is 0 Å². The lowest BCUT2D eigenvalue weighted by atomic mass is 10.0. The Labute approximate surface area is 136 Å². The Balaban J connectivity index is 3.15. The van der Waals surface area contributed by atoms with Crippen LogP contribution in [-0.4, -0.2) is 31.2 Å². The van der Waals surface area contributed by atoms with Gasteiger partial charge in [-0.05, 0) is 32.9 Å². The summed E-state index contributed by atoms with van der Waals surface area (Å²) >= 11 is 3.15. The first-order valence-corrected chi connectivity index (χ1v) is 7.18. The van der Waals surface area contributed by atoms with Crippen molar-refractivity contribution in [3.63, 3.8) is 0 Å². The van der Waals surface area contributed by atoms with Crippen LogP contribution < -0.4 is 4.74 Å². The van der Waals surface area contributed by atoms with Crippen molar-refractivity contribution in [3.8, 4) is 5.75 Å². The zero-order chi connectivity index (χ0) is 17.1. The van der Waals surface area contributed by atoms with Crippen LogP contribution in [-0.2, 0) is 11.2 Å². The van der Waals surface area contributed by atoms with E-state index in [1.807, 2.05) is 0 Å². The zero-order valence-corrected chi connectivity index (χ0v) is 13.8. The zero-order valence-electron chi connectivity index (χ0n) is 12.2. The average Bonchev–Trinajstić information content (AvgIpc) is 2.37. The number of nitro groups is 1. The highest BCUT2D eigenvalue weighted by atomic mass is 79.9. The smallest absolute Gasteiger partial charge is 0.327 e. The lowest BCUT2D eigenvalue weighted by molar-refractivity contribution is -0.386. The van der Waals surface area contributed by atoms with Crippen LogP contribution >= 0.6 is 15.9 Å². The Morgan fingerprint density at radius 2 is 2.05 bits per heavy atom. The second-order valence-electron chi connectivity index (χ2n) is 5.32. The van der Waals surface area contributed by atoms with Gasteiger partial charge in [0.15, 0.2) is 5.79 Å². The Morgan fingerprint density at radius 3 is 2.50 bits per heavy atom. The van der Waals surface area contributed by atoms with Crippen LogP contribution in [0.3, 0.4) is 0 Å². The third-order valence-electron chi connectivity index (χ3n) is 2.82. The van der Waals surface area contributed by atoms with E-state index in [0.717, 1.165) is 6.07 Å². The maximum absolute atomic E-state index is 11.8. The van der Waals surface area contributed by atoms with Gasteiger partial charge in [0, 0.05) is 24.5 Å². The number of rotatable bonds is 6. The maximum Gasteiger partial charge on any atom is 0.327 e. The average molecular weight is 375 g/mol. The molecule has 0 amide bonds. The topological polar surface area (TPSA) is 110 Å². The number of nitrogens with zero attached hydrogens (tertiary/aromatic N) is 1. The van der Waals surface area contributed by atoms with E-state index in [-0.39, 0.29) is 23.4 Å². The number of halogens is 1. The number of nitro benzene ring substituents is 1. The molecule has 0 bridgehead atoms. The second kappa shape index (κ2) is 6.72. The summed E-state index contributed by atoms with van der Waals surface area (Å²) in [6.07, 6.45) is -0.654. The van der Waals surface area contributed by atoms with E-state index in [2.05, 4.69) is 22.9 Å². The van der Waals surface area contributed by atoms with Gasteiger partial charge in [-0.15, -0.1) is 0 Å². The molecule has 1 radical (unpaired) electrons. The van der Waals surface area contributed by atoms with Gasteiger partial charge in [0.05, 0.1) is 4.92 Å². The summed E-state index contributed by atoms with van der Waals surface area (Å²) in [4.78, 5) is 22.1. The molecule has 2 N–H and O–H groups in total. The monoisotopic (exact) mass is 374 g/mol. The molecule has 0 spiro atoms. The number of hydrogen-bond acceptors (Lipinski definition) is 6. The van der Waals surface area contributed by atoms with E-state index in [1.165, 1.54) is 12.1 Å². The lowest BCUT2D eigenvalue weighted by Gasteiger charge is -2.20. The number of alkyl halides is 1. The standard InChI is InChI=1S/C14H17BrNO6/c1-4-14(18,19)8-9-7-10(5-6-11(9)16(20)21)22-12(17)13(2,3)15/h5-7,18-19H,1,4,8H2,2-3H3. The van der Waals surface area contributed by atoms with Gasteiger partial charge < -0.3 is 14.9 Å². The van der Waals surface area contributed by atoms with Crippen LogP contribution in [0.2, 0.25) is 0 Å². The quantitative estimate of drug-likeness (QED) is 0.197. The first kappa shape index (κ1) is 18.5. The molecule has 7 nitrogen and oxygen atoms in total. The second-order valence-corrected chi connectivity index (χ2v) is 7.30. The minimum Gasteiger partial charge on any atom is -0.425 e. The third-order valence-corrected chi connectivity index (χ3v) is 3.14. The molecule has 0 saturated heterocycles. The van der Waals surface area contributed by atoms with E-state index >= 15 is 0 Å². The number of ether oxygens (including phenoxy) is 1. The highest BCUT2D eigenvalue weighted by Gasteiger charge is 2.29. The first-order valence-electron chi connectivity index (χ1n) is 6.39. The molecule has 121 valence electrons. The van der Waals surface area contributed by atoms with E-state index in [0.29, 0.717) is 0 Å². The summed E-state index contributed by atoms with van der Waals surface area (Å²) in [5, 5.41) is 30.3. The molecule has 0 unspecified atom stereocenters. The van der Waals surface area contributed by atoms with Crippen LogP contribution in [0, 0.1) is 17.0 Å². The Morgan fingerprint density at radius 1 is 1.45 bits per heavy atom. The van der Waals surface area contributed by atoms with Crippen molar-refractivity contribution in [1.82, 2.24) is 0 Å². The predicted octanol–water partition coefficient (Wildman–Crippen LogP) is 2.12. The van der Waals surface area contributed by atoms with Gasteiger partial charge >= 0.3 is 5.97 Å². The van der Waals surface area contributed by atoms with E-state index < -0.39 is 27.4 Å². The molecule has 22 heavy (non-hydrogen) atoms. The molecule has 0 saturated carbocycles. The van der Waals surface area contributed by atoms with Gasteiger partial charge in [-0.3, -0.25) is 14.9 Å². The fourth-order valence-electron chi connectivity index (χ4n) is 1.57. The third kappa shape index (κ3) is 5.04. The van der Waals surface area contributed by atoms with Crippen molar-refractivity contribution < 1.29 is 24.7 Å². The van der Waals surface area contributed by atoms with Crippen molar-refractivity contribution in [2.45, 2.75) is 36.8 Å². The fourth-order valence-corrected chi connectivity index (χ4v) is 1.65. The van der Waals surface area contributed by atoms with Crippen molar-refractivity contribution in [1.29, 1.82) is 0 Å². The Hall–Kier alpha value is -1.51. The number of hydrogen-bond donors (Lipinski definition) is 2. The Kier molecular flexibility index (Phi) is 5.66. The van der Waals surface area contributed by atoms with E-state index in [4.69, 9.17) is 4.74 Å². The van der Waals surface area contributed by atoms with Gasteiger partial charge in [0.2, 0.25) is 0 Å². The molecule has 1 aromatic rings. The molecule has 0 aliphatic carbocycles. The molecule has 0 aliphatic heterocycles. The van der Waals surface area contributed by atoms with Crippen LogP contribution in [0.4, 0.5) is 5.69 Å². The summed E-state index contributed by atoms with van der Waals surface area (Å²) in [5.74, 6) is -2.68.